The molecule has 0 unspecified atom stereocenters. The molecule has 0 aliphatic carbocycles. The van der Waals surface area contributed by atoms with Gasteiger partial charge in [-0.25, -0.2) is 0 Å². The zero-order valence-corrected chi connectivity index (χ0v) is 6.47. The molecule has 0 saturated carbocycles. The second-order valence-electron chi connectivity index (χ2n) is 1.35. The highest BCUT2D eigenvalue weighted by atomic mass is 28.3. The molecule has 0 spiro atoms. The molecule has 4 heteroatoms. The van der Waals surface area contributed by atoms with E-state index in [1.807, 2.05) is 0 Å². The van der Waals surface area contributed by atoms with Crippen molar-refractivity contribution in [3.05, 3.63) is 0 Å². The summed E-state index contributed by atoms with van der Waals surface area (Å²) in [6.45, 7) is 0. The van der Waals surface area contributed by atoms with Crippen LogP contribution in [0.4, 0.5) is 0 Å². The fraction of sp³-hybridized carbons (Fsp3) is 1.00. The monoisotopic (exact) mass is 120 g/mol. The van der Waals surface area contributed by atoms with Gasteiger partial charge in [-0.1, -0.05) is 0 Å². The fourth-order valence-electron chi connectivity index (χ4n) is 0.440. The van der Waals surface area contributed by atoms with Crippen molar-refractivity contribution in [1.29, 1.82) is 0 Å². The molecule has 2 nitrogen and oxygen atoms in total. The largest absolute Gasteiger partial charge is 0.295 e. The van der Waals surface area contributed by atoms with Gasteiger partial charge in [0.1, 0.15) is 0 Å². The first kappa shape index (κ1) is 4.51. The first-order valence-electron chi connectivity index (χ1n) is 2.24. The minimum atomic E-state index is -0.152. The Hall–Kier alpha value is 0.354. The molecule has 0 aromatic rings. The predicted molar refractivity (Wildman–Crippen MR) is 28.9 cm³/mol. The summed E-state index contributed by atoms with van der Waals surface area (Å²) in [6, 6.07) is 0. The summed E-state index contributed by atoms with van der Waals surface area (Å²) in [4.78, 5) is 4.69. The van der Waals surface area contributed by atoms with Crippen molar-refractivity contribution in [3.8, 4) is 0 Å². The van der Waals surface area contributed by atoms with Crippen LogP contribution in [0.1, 0.15) is 0 Å². The van der Waals surface area contributed by atoms with E-state index < -0.39 is 0 Å². The Labute approximate surface area is 41.5 Å². The molecule has 1 saturated heterocycles. The molecule has 0 bridgehead atoms. The lowest BCUT2D eigenvalue weighted by molar-refractivity contribution is -0.193. The third-order valence-corrected chi connectivity index (χ3v) is 4.73. The van der Waals surface area contributed by atoms with E-state index >= 15 is 0 Å². The topological polar surface area (TPSA) is 18.5 Å². The van der Waals surface area contributed by atoms with Crippen LogP contribution in [0.25, 0.3) is 0 Å². The lowest BCUT2D eigenvalue weighted by Crippen LogP contribution is -2.16. The third kappa shape index (κ3) is 1.21. The molecular formula is C2H8O2Si2. The second-order valence-corrected chi connectivity index (χ2v) is 5.94. The maximum Gasteiger partial charge on any atom is 0.205 e. The van der Waals surface area contributed by atoms with Crippen LogP contribution in [0.15, 0.2) is 0 Å². The zero-order valence-electron chi connectivity index (χ0n) is 3.64. The first-order chi connectivity index (χ1) is 3.00. The van der Waals surface area contributed by atoms with Gasteiger partial charge >= 0.3 is 0 Å². The van der Waals surface area contributed by atoms with E-state index in [1.165, 1.54) is 5.67 Å². The molecule has 0 N–H and O–H groups in total. The van der Waals surface area contributed by atoms with Crippen LogP contribution in [-0.4, -0.2) is 25.5 Å². The van der Waals surface area contributed by atoms with Crippen molar-refractivity contribution in [2.45, 2.75) is 5.67 Å². The van der Waals surface area contributed by atoms with Gasteiger partial charge in [-0.15, -0.1) is 0 Å². The minimum Gasteiger partial charge on any atom is -0.295 e. The summed E-state index contributed by atoms with van der Waals surface area (Å²) in [6.07, 6.45) is 0.951. The molecule has 36 valence electrons. The molecule has 1 fully saturated rings. The predicted octanol–water partition coefficient (Wildman–Crippen LogP) is -1.47. The van der Waals surface area contributed by atoms with E-state index in [-0.39, 0.29) is 19.3 Å². The van der Waals surface area contributed by atoms with E-state index in [4.69, 9.17) is 9.46 Å². The number of hydrogen-bond donors (Lipinski definition) is 0. The molecular weight excluding hydrogens is 112 g/mol. The lowest BCUT2D eigenvalue weighted by atomic mass is 11.7. The number of rotatable bonds is 0. The molecule has 1 aliphatic rings. The third-order valence-electron chi connectivity index (χ3n) is 0.789. The maximum absolute atomic E-state index is 4.74. The van der Waals surface area contributed by atoms with Gasteiger partial charge < -0.3 is 0 Å². The Morgan fingerprint density at radius 1 is 1.50 bits per heavy atom. The van der Waals surface area contributed by atoms with Crippen LogP contribution in [-0.2, 0) is 9.46 Å². The second kappa shape index (κ2) is 2.51. The molecule has 0 atom stereocenters. The summed E-state index contributed by atoms with van der Waals surface area (Å²) in [5.41, 5.74) is 1.43. The fourth-order valence-corrected chi connectivity index (χ4v) is 3.25. The van der Waals surface area contributed by atoms with Crippen molar-refractivity contribution in [2.75, 3.05) is 6.23 Å². The van der Waals surface area contributed by atoms with Gasteiger partial charge in [-0.05, 0) is 5.67 Å². The van der Waals surface area contributed by atoms with Crippen LogP contribution < -0.4 is 0 Å². The summed E-state index contributed by atoms with van der Waals surface area (Å²) in [5.74, 6) is 0. The lowest BCUT2D eigenvalue weighted by Gasteiger charge is -2.06. The van der Waals surface area contributed by atoms with E-state index in [0.29, 0.717) is 0 Å². The van der Waals surface area contributed by atoms with Gasteiger partial charge in [0.05, 0.1) is 15.7 Å². The van der Waals surface area contributed by atoms with Crippen LogP contribution >= 0.6 is 0 Å². The summed E-state index contributed by atoms with van der Waals surface area (Å²) < 4.78 is 4.74. The molecule has 0 radical (unpaired) electrons. The smallest absolute Gasteiger partial charge is 0.205 e. The van der Waals surface area contributed by atoms with Crippen molar-refractivity contribution in [2.24, 2.45) is 0 Å². The first-order valence-corrected chi connectivity index (χ1v) is 5.82. The summed E-state index contributed by atoms with van der Waals surface area (Å²) >= 11 is 0. The minimum absolute atomic E-state index is 0.152. The Bertz CT molecular complexity index is 25.0. The van der Waals surface area contributed by atoms with Crippen LogP contribution in [0.2, 0.25) is 5.67 Å². The van der Waals surface area contributed by atoms with Crippen molar-refractivity contribution in [3.63, 3.8) is 0 Å². The summed E-state index contributed by atoms with van der Waals surface area (Å²) in [5, 5.41) is 0. The van der Waals surface area contributed by atoms with Crippen molar-refractivity contribution < 1.29 is 9.46 Å². The number of hydrogen-bond acceptors (Lipinski definition) is 2. The quantitative estimate of drug-likeness (QED) is 0.287. The highest BCUT2D eigenvalue weighted by Crippen LogP contribution is 1.87. The molecule has 0 aromatic heterocycles. The average Bonchev–Trinajstić information content (AvgIpc) is 1.72. The molecule has 0 amide bonds. The summed E-state index contributed by atoms with van der Waals surface area (Å²) in [7, 11) is 0.0710. The van der Waals surface area contributed by atoms with E-state index in [2.05, 4.69) is 0 Å². The van der Waals surface area contributed by atoms with Gasteiger partial charge in [0.15, 0.2) is 0 Å². The SMILES string of the molecule is C1OO[SiH2]C[SiH2]1. The standard InChI is InChI=1S/C2H8O2Si2/c1-3-4-6-2-5-1/h1-2,5-6H2. The average molecular weight is 120 g/mol. The van der Waals surface area contributed by atoms with Crippen LogP contribution in [0.3, 0.4) is 0 Å². The van der Waals surface area contributed by atoms with Gasteiger partial charge in [0.25, 0.3) is 0 Å². The van der Waals surface area contributed by atoms with Gasteiger partial charge in [-0.3, -0.25) is 9.46 Å². The van der Waals surface area contributed by atoms with Crippen molar-refractivity contribution in [1.82, 2.24) is 0 Å². The van der Waals surface area contributed by atoms with E-state index in [0.717, 1.165) is 6.23 Å². The molecule has 6 heavy (non-hydrogen) atoms. The Balaban J connectivity index is 2.00. The zero-order chi connectivity index (χ0) is 4.24. The van der Waals surface area contributed by atoms with Gasteiger partial charge in [0.2, 0.25) is 9.76 Å². The van der Waals surface area contributed by atoms with Crippen LogP contribution in [0.5, 0.6) is 0 Å². The molecule has 1 aliphatic heterocycles. The Morgan fingerprint density at radius 2 is 2.50 bits per heavy atom. The Kier molecular flexibility index (Phi) is 1.89. The maximum atomic E-state index is 4.74. The molecule has 0 aromatic carbocycles. The van der Waals surface area contributed by atoms with E-state index in [1.54, 1.807) is 0 Å². The Morgan fingerprint density at radius 3 is 2.67 bits per heavy atom. The van der Waals surface area contributed by atoms with E-state index in [9.17, 15) is 0 Å². The molecule has 1 heterocycles. The van der Waals surface area contributed by atoms with Gasteiger partial charge in [-0.2, -0.15) is 0 Å². The normalized spacial score (nSPS) is 32.0. The highest BCUT2D eigenvalue weighted by molar-refractivity contribution is 6.53. The molecule has 1 rings (SSSR count). The van der Waals surface area contributed by atoms with Crippen LogP contribution in [0, 0.1) is 0 Å². The highest BCUT2D eigenvalue weighted by Gasteiger charge is 1.98. The van der Waals surface area contributed by atoms with Crippen molar-refractivity contribution >= 4 is 19.3 Å². The van der Waals surface area contributed by atoms with Gasteiger partial charge in [0, 0.05) is 0 Å².